The molecule has 3 aromatic rings. The highest BCUT2D eigenvalue weighted by molar-refractivity contribution is 5.78. The van der Waals surface area contributed by atoms with Gasteiger partial charge in [0, 0.05) is 5.56 Å². The summed E-state index contributed by atoms with van der Waals surface area (Å²) in [6.07, 6.45) is 3.39. The van der Waals surface area contributed by atoms with Crippen molar-refractivity contribution in [1.82, 2.24) is 15.5 Å². The summed E-state index contributed by atoms with van der Waals surface area (Å²) in [5.74, 6) is 1.50. The zero-order valence-corrected chi connectivity index (χ0v) is 16.7. The Kier molecular flexibility index (Phi) is 5.60. The number of aryl methyl sites for hydroxylation is 2. The van der Waals surface area contributed by atoms with Crippen LogP contribution in [0.15, 0.2) is 53.1 Å². The lowest BCUT2D eigenvalue weighted by Crippen LogP contribution is -2.35. The van der Waals surface area contributed by atoms with Gasteiger partial charge in [-0.3, -0.25) is 4.79 Å². The maximum atomic E-state index is 12.5. The first-order valence-electron chi connectivity index (χ1n) is 10.0. The lowest BCUT2D eigenvalue weighted by molar-refractivity contribution is -0.124. The SMILES string of the molecule is CC(C)C(NC(=O)COc1ccc2c(c1)CCC2)c1nc(-c2ccccc2)no1. The van der Waals surface area contributed by atoms with Crippen LogP contribution < -0.4 is 10.1 Å². The Bertz CT molecular complexity index is 982. The van der Waals surface area contributed by atoms with Crippen molar-refractivity contribution in [3.8, 4) is 17.1 Å². The molecule has 1 atom stereocenters. The summed E-state index contributed by atoms with van der Waals surface area (Å²) in [7, 11) is 0. The van der Waals surface area contributed by atoms with Crippen LogP contribution in [0.25, 0.3) is 11.4 Å². The molecule has 0 spiro atoms. The topological polar surface area (TPSA) is 77.2 Å². The van der Waals surface area contributed by atoms with E-state index in [1.165, 1.54) is 17.5 Å². The first kappa shape index (κ1) is 19.2. The molecule has 1 aliphatic rings. The van der Waals surface area contributed by atoms with Gasteiger partial charge in [-0.1, -0.05) is 55.4 Å². The van der Waals surface area contributed by atoms with Gasteiger partial charge in [0.05, 0.1) is 0 Å². The number of hydrogen-bond acceptors (Lipinski definition) is 5. The fourth-order valence-electron chi connectivity index (χ4n) is 3.58. The molecule has 1 unspecified atom stereocenters. The summed E-state index contributed by atoms with van der Waals surface area (Å²) in [5, 5.41) is 7.02. The second-order valence-electron chi connectivity index (χ2n) is 7.68. The lowest BCUT2D eigenvalue weighted by Gasteiger charge is -2.18. The van der Waals surface area contributed by atoms with Gasteiger partial charge in [0.25, 0.3) is 5.91 Å². The molecule has 0 bridgehead atoms. The molecule has 1 heterocycles. The summed E-state index contributed by atoms with van der Waals surface area (Å²) in [6, 6.07) is 15.3. The molecule has 0 saturated carbocycles. The highest BCUT2D eigenvalue weighted by Gasteiger charge is 2.25. The van der Waals surface area contributed by atoms with E-state index in [2.05, 4.69) is 21.5 Å². The van der Waals surface area contributed by atoms with Crippen molar-refractivity contribution in [2.24, 2.45) is 5.92 Å². The van der Waals surface area contributed by atoms with Crippen LogP contribution in [0.3, 0.4) is 0 Å². The number of aromatic nitrogens is 2. The first-order valence-corrected chi connectivity index (χ1v) is 10.0. The van der Waals surface area contributed by atoms with Crippen molar-refractivity contribution in [2.75, 3.05) is 6.61 Å². The zero-order valence-electron chi connectivity index (χ0n) is 16.7. The number of ether oxygens (including phenoxy) is 1. The second-order valence-corrected chi connectivity index (χ2v) is 7.68. The predicted octanol–water partition coefficient (Wildman–Crippen LogP) is 4.12. The third-order valence-electron chi connectivity index (χ3n) is 5.16. The number of nitrogens with one attached hydrogen (secondary N) is 1. The van der Waals surface area contributed by atoms with Crippen molar-refractivity contribution in [3.63, 3.8) is 0 Å². The summed E-state index contributed by atoms with van der Waals surface area (Å²) < 4.78 is 11.1. The number of carbonyl (C=O) groups is 1. The molecule has 1 aromatic heterocycles. The molecule has 0 fully saturated rings. The predicted molar refractivity (Wildman–Crippen MR) is 109 cm³/mol. The zero-order chi connectivity index (χ0) is 20.2. The fraction of sp³-hybridized carbons (Fsp3) is 0.348. The smallest absolute Gasteiger partial charge is 0.258 e. The van der Waals surface area contributed by atoms with Crippen LogP contribution in [0.5, 0.6) is 5.75 Å². The number of nitrogens with zero attached hydrogens (tertiary/aromatic N) is 2. The molecular weight excluding hydrogens is 366 g/mol. The first-order chi connectivity index (χ1) is 14.1. The summed E-state index contributed by atoms with van der Waals surface area (Å²) in [5.41, 5.74) is 3.57. The van der Waals surface area contributed by atoms with Crippen LogP contribution in [0, 0.1) is 5.92 Å². The Balaban J connectivity index is 1.39. The van der Waals surface area contributed by atoms with Gasteiger partial charge in [-0.25, -0.2) is 0 Å². The number of rotatable bonds is 7. The van der Waals surface area contributed by atoms with E-state index in [1.54, 1.807) is 0 Å². The Morgan fingerprint density at radius 2 is 1.93 bits per heavy atom. The monoisotopic (exact) mass is 391 g/mol. The molecule has 0 saturated heterocycles. The van der Waals surface area contributed by atoms with E-state index in [0.29, 0.717) is 11.7 Å². The maximum Gasteiger partial charge on any atom is 0.258 e. The minimum absolute atomic E-state index is 0.0539. The van der Waals surface area contributed by atoms with Crippen LogP contribution in [0.1, 0.15) is 43.3 Å². The van der Waals surface area contributed by atoms with E-state index in [4.69, 9.17) is 9.26 Å². The Morgan fingerprint density at radius 3 is 2.72 bits per heavy atom. The van der Waals surface area contributed by atoms with Gasteiger partial charge in [0.15, 0.2) is 6.61 Å². The Morgan fingerprint density at radius 1 is 1.14 bits per heavy atom. The van der Waals surface area contributed by atoms with E-state index in [-0.39, 0.29) is 24.5 Å². The largest absolute Gasteiger partial charge is 0.484 e. The average molecular weight is 391 g/mol. The third-order valence-corrected chi connectivity index (χ3v) is 5.16. The van der Waals surface area contributed by atoms with Crippen molar-refractivity contribution < 1.29 is 14.1 Å². The molecular formula is C23H25N3O3. The van der Waals surface area contributed by atoms with E-state index < -0.39 is 0 Å². The molecule has 6 heteroatoms. The lowest BCUT2D eigenvalue weighted by atomic mass is 10.0. The Hall–Kier alpha value is -3.15. The minimum atomic E-state index is -0.379. The third kappa shape index (κ3) is 4.47. The van der Waals surface area contributed by atoms with Crippen molar-refractivity contribution >= 4 is 5.91 Å². The van der Waals surface area contributed by atoms with Crippen LogP contribution in [-0.2, 0) is 17.6 Å². The highest BCUT2D eigenvalue weighted by atomic mass is 16.5. The van der Waals surface area contributed by atoms with Crippen LogP contribution in [0.2, 0.25) is 0 Å². The van der Waals surface area contributed by atoms with Crippen LogP contribution in [-0.4, -0.2) is 22.7 Å². The van der Waals surface area contributed by atoms with Crippen LogP contribution >= 0.6 is 0 Å². The highest BCUT2D eigenvalue weighted by Crippen LogP contribution is 2.26. The van der Waals surface area contributed by atoms with Crippen LogP contribution in [0.4, 0.5) is 0 Å². The van der Waals surface area contributed by atoms with Gasteiger partial charge in [-0.2, -0.15) is 4.98 Å². The van der Waals surface area contributed by atoms with Crippen molar-refractivity contribution in [2.45, 2.75) is 39.2 Å². The molecule has 1 aliphatic carbocycles. The van der Waals surface area contributed by atoms with E-state index in [1.807, 2.05) is 56.3 Å². The summed E-state index contributed by atoms with van der Waals surface area (Å²) >= 11 is 0. The van der Waals surface area contributed by atoms with Gasteiger partial charge < -0.3 is 14.6 Å². The number of amides is 1. The van der Waals surface area contributed by atoms with Crippen molar-refractivity contribution in [1.29, 1.82) is 0 Å². The fourth-order valence-corrected chi connectivity index (χ4v) is 3.58. The van der Waals surface area contributed by atoms with Gasteiger partial charge in [-0.05, 0) is 48.4 Å². The standard InChI is InChI=1S/C23H25N3O3/c1-15(2)21(23-25-22(26-29-23)17-7-4-3-5-8-17)24-20(27)14-28-19-12-11-16-9-6-10-18(16)13-19/h3-5,7-8,11-13,15,21H,6,9-10,14H2,1-2H3,(H,24,27). The second kappa shape index (κ2) is 8.47. The molecule has 2 aromatic carbocycles. The molecule has 4 rings (SSSR count). The van der Waals surface area contributed by atoms with Gasteiger partial charge in [-0.15, -0.1) is 0 Å². The van der Waals surface area contributed by atoms with Crippen molar-refractivity contribution in [3.05, 3.63) is 65.5 Å². The van der Waals surface area contributed by atoms with Gasteiger partial charge in [0.2, 0.25) is 11.7 Å². The minimum Gasteiger partial charge on any atom is -0.484 e. The molecule has 0 aliphatic heterocycles. The van der Waals surface area contributed by atoms with E-state index in [0.717, 1.165) is 24.2 Å². The number of carbonyl (C=O) groups excluding carboxylic acids is 1. The molecule has 150 valence electrons. The number of fused-ring (bicyclic) bond motifs is 1. The molecule has 0 radical (unpaired) electrons. The quantitative estimate of drug-likeness (QED) is 0.656. The molecule has 1 N–H and O–H groups in total. The summed E-state index contributed by atoms with van der Waals surface area (Å²) in [6.45, 7) is 3.94. The molecule has 1 amide bonds. The molecule has 6 nitrogen and oxygen atoms in total. The molecule has 29 heavy (non-hydrogen) atoms. The number of hydrogen-bond donors (Lipinski definition) is 1. The average Bonchev–Trinajstić information content (AvgIpc) is 3.40. The van der Waals surface area contributed by atoms with E-state index in [9.17, 15) is 4.79 Å². The van der Waals surface area contributed by atoms with Gasteiger partial charge in [0.1, 0.15) is 11.8 Å². The van der Waals surface area contributed by atoms with E-state index >= 15 is 0 Å². The summed E-state index contributed by atoms with van der Waals surface area (Å²) in [4.78, 5) is 17.0. The van der Waals surface area contributed by atoms with Gasteiger partial charge >= 0.3 is 0 Å². The number of benzene rings is 2. The Labute approximate surface area is 170 Å². The normalized spacial score (nSPS) is 13.9. The maximum absolute atomic E-state index is 12.5.